The zero-order chi connectivity index (χ0) is 4.99. The lowest BCUT2D eigenvalue weighted by atomic mass is 10.4. The van der Waals surface area contributed by atoms with Gasteiger partial charge in [0.1, 0.15) is 0 Å². The average molecular weight is 119 g/mol. The van der Waals surface area contributed by atoms with Gasteiger partial charge in [0.2, 0.25) is 0 Å². The molecule has 0 saturated carbocycles. The Morgan fingerprint density at radius 2 is 2.50 bits per heavy atom. The summed E-state index contributed by atoms with van der Waals surface area (Å²) in [6.07, 6.45) is 0. The fraction of sp³-hybridized carbons (Fsp3) is 0.500. The van der Waals surface area contributed by atoms with Gasteiger partial charge < -0.3 is 0 Å². The van der Waals surface area contributed by atoms with Crippen molar-refractivity contribution in [3.05, 3.63) is 12.2 Å². The molecule has 0 nitrogen and oxygen atoms in total. The molecule has 0 N–H and O–H groups in total. The normalized spacial score (nSPS) is 8.33. The minimum absolute atomic E-state index is 0.511. The summed E-state index contributed by atoms with van der Waals surface area (Å²) in [7, 11) is 0.511. The summed E-state index contributed by atoms with van der Waals surface area (Å²) in [6, 6.07) is 0.974. The molecule has 0 amide bonds. The Morgan fingerprint density at radius 1 is 2.00 bits per heavy atom. The van der Waals surface area contributed by atoms with E-state index in [9.17, 15) is 0 Å². The molecule has 6 heavy (non-hydrogen) atoms. The van der Waals surface area contributed by atoms with Crippen LogP contribution in [-0.4, -0.2) is 8.83 Å². The fourth-order valence-electron chi connectivity index (χ4n) is 0.114. The highest BCUT2D eigenvalue weighted by atomic mass is 35.6. The number of allylic oxidation sites excluding steroid dienone is 1. The molecule has 2 heteroatoms. The van der Waals surface area contributed by atoms with Crippen LogP contribution in [0, 0.1) is 0 Å². The van der Waals surface area contributed by atoms with Crippen molar-refractivity contribution in [1.29, 1.82) is 0 Å². The first-order valence-electron chi connectivity index (χ1n) is 1.75. The maximum Gasteiger partial charge on any atom is 0.176 e. The van der Waals surface area contributed by atoms with E-state index in [1.165, 1.54) is 5.57 Å². The molecular formula is C4H7ClSi. The highest BCUT2D eigenvalue weighted by Crippen LogP contribution is 1.94. The molecule has 0 atom stereocenters. The van der Waals surface area contributed by atoms with Crippen molar-refractivity contribution in [2.75, 3.05) is 0 Å². The Kier molecular flexibility index (Phi) is 3.58. The van der Waals surface area contributed by atoms with Gasteiger partial charge in [-0.25, -0.2) is 0 Å². The van der Waals surface area contributed by atoms with Crippen molar-refractivity contribution in [3.8, 4) is 0 Å². The molecule has 0 heterocycles. The second-order valence-electron chi connectivity index (χ2n) is 1.27. The van der Waals surface area contributed by atoms with Gasteiger partial charge in [0.15, 0.2) is 8.83 Å². The largest absolute Gasteiger partial charge is 0.176 e. The monoisotopic (exact) mass is 118 g/mol. The Morgan fingerprint density at radius 3 is 2.50 bits per heavy atom. The average Bonchev–Trinajstić information content (AvgIpc) is 1.35. The fourth-order valence-corrected chi connectivity index (χ4v) is 1.03. The van der Waals surface area contributed by atoms with Crippen molar-refractivity contribution in [2.45, 2.75) is 13.0 Å². The van der Waals surface area contributed by atoms with E-state index in [0.29, 0.717) is 8.83 Å². The molecule has 34 valence electrons. The van der Waals surface area contributed by atoms with Crippen LogP contribution in [0.4, 0.5) is 0 Å². The predicted octanol–water partition coefficient (Wildman–Crippen LogP) is 1.84. The van der Waals surface area contributed by atoms with Gasteiger partial charge in [-0.3, -0.25) is 0 Å². The lowest BCUT2D eigenvalue weighted by molar-refractivity contribution is 1.41. The standard InChI is InChI=1S/C4H7ClSi/c1-4(2)3-6-5/h1,3H2,2H3. The van der Waals surface area contributed by atoms with E-state index in [1.807, 2.05) is 6.92 Å². The zero-order valence-electron chi connectivity index (χ0n) is 3.79. The van der Waals surface area contributed by atoms with Gasteiger partial charge in [0.25, 0.3) is 0 Å². The van der Waals surface area contributed by atoms with Gasteiger partial charge >= 0.3 is 0 Å². The van der Waals surface area contributed by atoms with Crippen LogP contribution in [0.25, 0.3) is 0 Å². The van der Waals surface area contributed by atoms with E-state index in [-0.39, 0.29) is 0 Å². The third kappa shape index (κ3) is 4.25. The zero-order valence-corrected chi connectivity index (χ0v) is 5.55. The van der Waals surface area contributed by atoms with E-state index >= 15 is 0 Å². The SMILES string of the molecule is C=C(C)C[Si]Cl. The van der Waals surface area contributed by atoms with Crippen LogP contribution in [0.1, 0.15) is 6.92 Å². The number of hydrogen-bond acceptors (Lipinski definition) is 0. The van der Waals surface area contributed by atoms with Crippen molar-refractivity contribution < 1.29 is 0 Å². The molecule has 0 aliphatic carbocycles. The van der Waals surface area contributed by atoms with Gasteiger partial charge in [0, 0.05) is 0 Å². The van der Waals surface area contributed by atoms with E-state index < -0.39 is 0 Å². The van der Waals surface area contributed by atoms with Crippen LogP contribution in [0.3, 0.4) is 0 Å². The summed E-state index contributed by atoms with van der Waals surface area (Å²) in [5.74, 6) is 0. The van der Waals surface area contributed by atoms with Gasteiger partial charge in [-0.05, 0) is 13.0 Å². The molecule has 0 rings (SSSR count). The van der Waals surface area contributed by atoms with E-state index in [2.05, 4.69) is 6.58 Å². The molecule has 0 aliphatic heterocycles. The number of hydrogen-bond donors (Lipinski definition) is 0. The van der Waals surface area contributed by atoms with E-state index in [0.717, 1.165) is 6.04 Å². The van der Waals surface area contributed by atoms with Crippen molar-refractivity contribution in [2.24, 2.45) is 0 Å². The predicted molar refractivity (Wildman–Crippen MR) is 31.2 cm³/mol. The first-order chi connectivity index (χ1) is 2.77. The van der Waals surface area contributed by atoms with Crippen LogP contribution < -0.4 is 0 Å². The van der Waals surface area contributed by atoms with E-state index in [1.54, 1.807) is 0 Å². The maximum absolute atomic E-state index is 5.36. The minimum Gasteiger partial charge on any atom is -0.171 e. The van der Waals surface area contributed by atoms with Gasteiger partial charge in [-0.2, -0.15) is 11.1 Å². The Bertz CT molecular complexity index is 51.5. The van der Waals surface area contributed by atoms with Crippen LogP contribution in [0.15, 0.2) is 12.2 Å². The molecule has 0 bridgehead atoms. The minimum atomic E-state index is 0.511. The third-order valence-electron chi connectivity index (χ3n) is 0.369. The molecule has 0 fully saturated rings. The van der Waals surface area contributed by atoms with Crippen LogP contribution >= 0.6 is 11.1 Å². The molecular weight excluding hydrogens is 112 g/mol. The smallest absolute Gasteiger partial charge is 0.171 e. The summed E-state index contributed by atoms with van der Waals surface area (Å²) >= 11 is 5.36. The molecule has 0 saturated heterocycles. The first-order valence-corrected chi connectivity index (χ1v) is 3.97. The van der Waals surface area contributed by atoms with Crippen LogP contribution in [-0.2, 0) is 0 Å². The van der Waals surface area contributed by atoms with Crippen molar-refractivity contribution in [1.82, 2.24) is 0 Å². The third-order valence-corrected chi connectivity index (χ3v) is 1.51. The molecule has 0 aromatic rings. The number of rotatable bonds is 2. The molecule has 0 aliphatic rings. The highest BCUT2D eigenvalue weighted by molar-refractivity contribution is 6.93. The van der Waals surface area contributed by atoms with Crippen LogP contribution in [0.2, 0.25) is 6.04 Å². The summed E-state index contributed by atoms with van der Waals surface area (Å²) in [4.78, 5) is 0. The van der Waals surface area contributed by atoms with Crippen molar-refractivity contribution in [3.63, 3.8) is 0 Å². The summed E-state index contributed by atoms with van der Waals surface area (Å²) in [5.41, 5.74) is 1.17. The maximum atomic E-state index is 5.36. The second kappa shape index (κ2) is 3.44. The molecule has 0 unspecified atom stereocenters. The van der Waals surface area contributed by atoms with Gasteiger partial charge in [-0.1, -0.05) is 5.57 Å². The first kappa shape index (κ1) is 6.25. The molecule has 0 spiro atoms. The Labute approximate surface area is 45.7 Å². The lowest BCUT2D eigenvalue weighted by Gasteiger charge is -1.83. The molecule has 0 aromatic heterocycles. The van der Waals surface area contributed by atoms with Gasteiger partial charge in [0.05, 0.1) is 0 Å². The van der Waals surface area contributed by atoms with Gasteiger partial charge in [-0.15, -0.1) is 6.58 Å². The number of halogens is 1. The summed E-state index contributed by atoms with van der Waals surface area (Å²) < 4.78 is 0. The Balaban J connectivity index is 2.83. The van der Waals surface area contributed by atoms with Crippen LogP contribution in [0.5, 0.6) is 0 Å². The molecule has 0 aromatic carbocycles. The summed E-state index contributed by atoms with van der Waals surface area (Å²) in [6.45, 7) is 5.65. The summed E-state index contributed by atoms with van der Waals surface area (Å²) in [5, 5.41) is 0. The van der Waals surface area contributed by atoms with Crippen molar-refractivity contribution >= 4 is 19.9 Å². The second-order valence-corrected chi connectivity index (χ2v) is 2.69. The Hall–Kier alpha value is 0.247. The topological polar surface area (TPSA) is 0 Å². The molecule has 2 radical (unpaired) electrons. The lowest BCUT2D eigenvalue weighted by Crippen LogP contribution is -1.74. The van der Waals surface area contributed by atoms with E-state index in [4.69, 9.17) is 11.1 Å². The quantitative estimate of drug-likeness (QED) is 0.295. The highest BCUT2D eigenvalue weighted by Gasteiger charge is 1.80.